The molecular weight excluding hydrogens is 351 g/mol. The smallest absolute Gasteiger partial charge is 0.272 e. The van der Waals surface area contributed by atoms with Crippen molar-refractivity contribution in [3.63, 3.8) is 0 Å². The van der Waals surface area contributed by atoms with Crippen LogP contribution in [0.15, 0.2) is 42.6 Å². The molecule has 0 atom stereocenters. The number of carbonyl (C=O) groups excluding carboxylic acids is 3. The van der Waals surface area contributed by atoms with Gasteiger partial charge in [-0.2, -0.15) is 0 Å². The van der Waals surface area contributed by atoms with Crippen LogP contribution in [-0.4, -0.2) is 59.2 Å². The Morgan fingerprint density at radius 2 is 1.89 bits per heavy atom. The Kier molecular flexibility index (Phi) is 5.75. The Bertz CT molecular complexity index is 850. The van der Waals surface area contributed by atoms with E-state index in [1.807, 2.05) is 0 Å². The average molecular weight is 370 g/mol. The average Bonchev–Trinajstić information content (AvgIpc) is 2.72. The molecule has 1 aliphatic rings. The van der Waals surface area contributed by atoms with Crippen LogP contribution in [0.1, 0.15) is 26.4 Å². The number of hydrogen-bond acceptors (Lipinski definition) is 4. The van der Waals surface area contributed by atoms with Crippen LogP contribution in [0, 0.1) is 5.82 Å². The Balaban J connectivity index is 1.64. The van der Waals surface area contributed by atoms with E-state index in [-0.39, 0.29) is 23.7 Å². The first-order chi connectivity index (χ1) is 13.1. The highest BCUT2D eigenvalue weighted by atomic mass is 19.1. The van der Waals surface area contributed by atoms with Crippen molar-refractivity contribution in [2.24, 2.45) is 0 Å². The van der Waals surface area contributed by atoms with E-state index < -0.39 is 11.7 Å². The molecule has 1 N–H and O–H groups in total. The van der Waals surface area contributed by atoms with Crippen LogP contribution in [0.3, 0.4) is 0 Å². The third-order valence-electron chi connectivity index (χ3n) is 4.39. The topological polar surface area (TPSA) is 82.6 Å². The molecule has 0 saturated carbocycles. The van der Waals surface area contributed by atoms with Gasteiger partial charge in [0.05, 0.1) is 0 Å². The normalized spacial score (nSPS) is 14.0. The van der Waals surface area contributed by atoms with Crippen LogP contribution in [0.25, 0.3) is 0 Å². The molecule has 0 unspecified atom stereocenters. The molecule has 8 heteroatoms. The van der Waals surface area contributed by atoms with E-state index in [1.165, 1.54) is 24.4 Å². The van der Waals surface area contributed by atoms with Gasteiger partial charge in [-0.1, -0.05) is 18.2 Å². The SMILES string of the molecule is O=CN1CCN(C(=O)c2cc(C(=O)NCc3ccccc3F)ccn2)CC1. The van der Waals surface area contributed by atoms with Crippen molar-refractivity contribution in [2.75, 3.05) is 26.2 Å². The maximum absolute atomic E-state index is 13.6. The van der Waals surface area contributed by atoms with Crippen molar-refractivity contribution >= 4 is 18.2 Å². The lowest BCUT2D eigenvalue weighted by atomic mass is 10.1. The number of halogens is 1. The summed E-state index contributed by atoms with van der Waals surface area (Å²) in [6.45, 7) is 1.83. The largest absolute Gasteiger partial charge is 0.348 e. The number of carbonyl (C=O) groups is 3. The fourth-order valence-electron chi connectivity index (χ4n) is 2.80. The number of hydrogen-bond donors (Lipinski definition) is 1. The number of rotatable bonds is 5. The molecule has 140 valence electrons. The van der Waals surface area contributed by atoms with Crippen LogP contribution in [0.5, 0.6) is 0 Å². The van der Waals surface area contributed by atoms with E-state index in [9.17, 15) is 18.8 Å². The molecule has 0 spiro atoms. The highest BCUT2D eigenvalue weighted by molar-refractivity contribution is 5.98. The number of nitrogens with zero attached hydrogens (tertiary/aromatic N) is 3. The lowest BCUT2D eigenvalue weighted by Crippen LogP contribution is -2.48. The third-order valence-corrected chi connectivity index (χ3v) is 4.39. The minimum Gasteiger partial charge on any atom is -0.348 e. The minimum atomic E-state index is -0.416. The first-order valence-corrected chi connectivity index (χ1v) is 8.55. The first-order valence-electron chi connectivity index (χ1n) is 8.55. The molecule has 3 rings (SSSR count). The van der Waals surface area contributed by atoms with Gasteiger partial charge in [0.2, 0.25) is 6.41 Å². The van der Waals surface area contributed by atoms with E-state index in [1.54, 1.807) is 28.0 Å². The number of benzene rings is 1. The van der Waals surface area contributed by atoms with Crippen LogP contribution in [-0.2, 0) is 11.3 Å². The maximum atomic E-state index is 13.6. The lowest BCUT2D eigenvalue weighted by Gasteiger charge is -2.32. The summed E-state index contributed by atoms with van der Waals surface area (Å²) in [5, 5.41) is 2.64. The van der Waals surface area contributed by atoms with Crippen LogP contribution in [0.2, 0.25) is 0 Å². The van der Waals surface area contributed by atoms with Crippen molar-refractivity contribution in [3.05, 3.63) is 65.2 Å². The molecule has 0 radical (unpaired) electrons. The monoisotopic (exact) mass is 370 g/mol. The van der Waals surface area contributed by atoms with Gasteiger partial charge in [-0.15, -0.1) is 0 Å². The summed E-state index contributed by atoms with van der Waals surface area (Å²) in [4.78, 5) is 42.9. The second kappa shape index (κ2) is 8.39. The third kappa shape index (κ3) is 4.46. The number of nitrogens with one attached hydrogen (secondary N) is 1. The Morgan fingerprint density at radius 1 is 1.15 bits per heavy atom. The maximum Gasteiger partial charge on any atom is 0.272 e. The zero-order chi connectivity index (χ0) is 19.2. The van der Waals surface area contributed by atoms with Crippen molar-refractivity contribution in [2.45, 2.75) is 6.54 Å². The van der Waals surface area contributed by atoms with Gasteiger partial charge in [-0.3, -0.25) is 19.4 Å². The zero-order valence-electron chi connectivity index (χ0n) is 14.6. The molecule has 1 aromatic heterocycles. The highest BCUT2D eigenvalue weighted by Gasteiger charge is 2.23. The van der Waals surface area contributed by atoms with Crippen molar-refractivity contribution in [3.8, 4) is 0 Å². The van der Waals surface area contributed by atoms with E-state index in [0.717, 1.165) is 6.41 Å². The predicted molar refractivity (Wildman–Crippen MR) is 95.3 cm³/mol. The fourth-order valence-corrected chi connectivity index (χ4v) is 2.80. The molecular formula is C19H19FN4O3. The van der Waals surface area contributed by atoms with Gasteiger partial charge in [0.1, 0.15) is 11.5 Å². The van der Waals surface area contributed by atoms with Gasteiger partial charge in [-0.05, 0) is 18.2 Å². The van der Waals surface area contributed by atoms with Crippen molar-refractivity contribution < 1.29 is 18.8 Å². The van der Waals surface area contributed by atoms with Crippen LogP contribution >= 0.6 is 0 Å². The Labute approximate surface area is 155 Å². The molecule has 3 amide bonds. The molecule has 2 heterocycles. The lowest BCUT2D eigenvalue weighted by molar-refractivity contribution is -0.119. The van der Waals surface area contributed by atoms with Crippen molar-refractivity contribution in [1.29, 1.82) is 0 Å². The van der Waals surface area contributed by atoms with Crippen LogP contribution in [0.4, 0.5) is 4.39 Å². The van der Waals surface area contributed by atoms with Gasteiger partial charge in [-0.25, -0.2) is 4.39 Å². The molecule has 1 saturated heterocycles. The Hall–Kier alpha value is -3.29. The quantitative estimate of drug-likeness (QED) is 0.798. The fraction of sp³-hybridized carbons (Fsp3) is 0.263. The van der Waals surface area contributed by atoms with E-state index in [4.69, 9.17) is 0 Å². The van der Waals surface area contributed by atoms with Gasteiger partial charge < -0.3 is 15.1 Å². The summed E-state index contributed by atoms with van der Waals surface area (Å²) in [7, 11) is 0. The molecule has 1 aliphatic heterocycles. The van der Waals surface area contributed by atoms with Crippen LogP contribution < -0.4 is 5.32 Å². The highest BCUT2D eigenvalue weighted by Crippen LogP contribution is 2.10. The molecule has 0 aliphatic carbocycles. The van der Waals surface area contributed by atoms with E-state index in [0.29, 0.717) is 31.7 Å². The van der Waals surface area contributed by atoms with Gasteiger partial charge in [0.15, 0.2) is 0 Å². The standard InChI is InChI=1S/C19H19FN4O3/c20-16-4-2-1-3-15(16)12-22-18(26)14-5-6-21-17(11-14)19(27)24-9-7-23(13-25)8-10-24/h1-6,11,13H,7-10,12H2,(H,22,26). The molecule has 27 heavy (non-hydrogen) atoms. The van der Waals surface area contributed by atoms with E-state index >= 15 is 0 Å². The van der Waals surface area contributed by atoms with Gasteiger partial charge in [0, 0.05) is 50.0 Å². The molecule has 1 aromatic carbocycles. The molecule has 2 aromatic rings. The van der Waals surface area contributed by atoms with Crippen molar-refractivity contribution in [1.82, 2.24) is 20.1 Å². The first kappa shape index (κ1) is 18.5. The summed E-state index contributed by atoms with van der Waals surface area (Å²) in [5.41, 5.74) is 0.813. The second-order valence-corrected chi connectivity index (χ2v) is 6.14. The summed E-state index contributed by atoms with van der Waals surface area (Å²) >= 11 is 0. The zero-order valence-corrected chi connectivity index (χ0v) is 14.6. The van der Waals surface area contributed by atoms with Gasteiger partial charge in [0.25, 0.3) is 11.8 Å². The minimum absolute atomic E-state index is 0.0464. The number of pyridine rings is 1. The van der Waals surface area contributed by atoms with E-state index in [2.05, 4.69) is 10.3 Å². The Morgan fingerprint density at radius 3 is 2.59 bits per heavy atom. The molecule has 1 fully saturated rings. The summed E-state index contributed by atoms with van der Waals surface area (Å²) < 4.78 is 13.6. The molecule has 7 nitrogen and oxygen atoms in total. The second-order valence-electron chi connectivity index (χ2n) is 6.14. The summed E-state index contributed by atoms with van der Waals surface area (Å²) in [6.07, 6.45) is 2.16. The number of amides is 3. The number of aromatic nitrogens is 1. The number of piperazine rings is 1. The summed E-state index contributed by atoms with van der Waals surface area (Å²) in [6, 6.07) is 9.11. The van der Waals surface area contributed by atoms with Gasteiger partial charge >= 0.3 is 0 Å². The molecule has 0 bridgehead atoms. The predicted octanol–water partition coefficient (Wildman–Crippen LogP) is 1.06. The summed E-state index contributed by atoms with van der Waals surface area (Å²) in [5.74, 6) is -1.09.